The molecule has 10 rings (SSSR count). The van der Waals surface area contributed by atoms with Crippen molar-refractivity contribution in [3.05, 3.63) is 0 Å². The predicted octanol–water partition coefficient (Wildman–Crippen LogP) is 12.5. The van der Waals surface area contributed by atoms with Gasteiger partial charge in [0.25, 0.3) is 0 Å². The van der Waals surface area contributed by atoms with Crippen molar-refractivity contribution in [3.63, 3.8) is 0 Å². The van der Waals surface area contributed by atoms with Crippen LogP contribution in [0.4, 0.5) is 0 Å². The van der Waals surface area contributed by atoms with Crippen molar-refractivity contribution >= 4 is 0 Å². The number of rotatable bonds is 0. The quantitative estimate of drug-likeness (QED) is 0.242. The van der Waals surface area contributed by atoms with Crippen molar-refractivity contribution in [1.29, 1.82) is 0 Å². The van der Waals surface area contributed by atoms with Crippen molar-refractivity contribution in [2.45, 2.75) is 265 Å². The first-order valence-electron chi connectivity index (χ1n) is 25.6. The molecule has 6 bridgehead atoms. The Morgan fingerprint density at radius 3 is 1.12 bits per heavy atom. The Labute approximate surface area is 362 Å². The zero-order valence-corrected chi connectivity index (χ0v) is 41.9. The van der Waals surface area contributed by atoms with Crippen molar-refractivity contribution in [3.8, 4) is 0 Å². The summed E-state index contributed by atoms with van der Waals surface area (Å²) in [5.74, 6) is 3.10. The molecular weight excluding hydrogens is 707 g/mol. The summed E-state index contributed by atoms with van der Waals surface area (Å²) < 4.78 is 0. The summed E-state index contributed by atoms with van der Waals surface area (Å²) in [6.07, 6.45) is 26.7. The highest BCUT2D eigenvalue weighted by molar-refractivity contribution is 5.04. The molecule has 6 atom stereocenters. The van der Waals surface area contributed by atoms with E-state index in [1.807, 2.05) is 0 Å². The van der Waals surface area contributed by atoms with Gasteiger partial charge in [-0.2, -0.15) is 0 Å². The molecule has 10 fully saturated rings. The molecule has 6 aliphatic heterocycles. The lowest BCUT2D eigenvalue weighted by Crippen LogP contribution is -2.64. The largest absolute Gasteiger partial charge is 0.298 e. The van der Waals surface area contributed by atoms with Gasteiger partial charge in [-0.3, -0.25) is 24.5 Å². The highest BCUT2D eigenvalue weighted by Crippen LogP contribution is 2.51. The lowest BCUT2D eigenvalue weighted by Gasteiger charge is -2.60. The second-order valence-electron chi connectivity index (χ2n) is 27.2. The normalized spacial score (nSPS) is 34.4. The smallest absolute Gasteiger partial charge is 0.0130 e. The van der Waals surface area contributed by atoms with E-state index in [1.165, 1.54) is 161 Å². The van der Waals surface area contributed by atoms with Crippen LogP contribution in [0.25, 0.3) is 0 Å². The van der Waals surface area contributed by atoms with Gasteiger partial charge in [-0.1, -0.05) is 19.3 Å². The average molecular weight is 808 g/mol. The molecule has 0 aromatic rings. The second kappa shape index (κ2) is 17.8. The van der Waals surface area contributed by atoms with Crippen LogP contribution in [0.5, 0.6) is 0 Å². The third kappa shape index (κ3) is 11.7. The van der Waals surface area contributed by atoms with Crippen LogP contribution in [0.2, 0.25) is 0 Å². The molecule has 6 unspecified atom stereocenters. The predicted molar refractivity (Wildman–Crippen MR) is 252 cm³/mol. The number of hydrogen-bond acceptors (Lipinski definition) is 5. The third-order valence-electron chi connectivity index (χ3n) is 17.5. The van der Waals surface area contributed by atoms with Crippen molar-refractivity contribution in [2.75, 3.05) is 45.8 Å². The molecule has 0 amide bonds. The minimum Gasteiger partial charge on any atom is -0.298 e. The Bertz CT molecular complexity index is 1260. The van der Waals surface area contributed by atoms with Crippen LogP contribution in [-0.4, -0.2) is 116 Å². The molecule has 58 heavy (non-hydrogen) atoms. The minimum atomic E-state index is 0.402. The van der Waals surface area contributed by atoms with E-state index in [-0.39, 0.29) is 0 Å². The van der Waals surface area contributed by atoms with Crippen LogP contribution < -0.4 is 0 Å². The lowest BCUT2D eigenvalue weighted by atomic mass is 9.62. The fourth-order valence-corrected chi connectivity index (χ4v) is 13.5. The average Bonchev–Trinajstić information content (AvgIpc) is 3.88. The molecule has 0 aromatic heterocycles. The summed E-state index contributed by atoms with van der Waals surface area (Å²) in [7, 11) is 0. The fraction of sp³-hybridized carbons (Fsp3) is 1.00. The summed E-state index contributed by atoms with van der Waals surface area (Å²) in [4.78, 5) is 13.4. The van der Waals surface area contributed by atoms with Crippen LogP contribution in [-0.2, 0) is 0 Å². The minimum absolute atomic E-state index is 0.402. The van der Waals surface area contributed by atoms with E-state index in [4.69, 9.17) is 0 Å². The second-order valence-corrected chi connectivity index (χ2v) is 27.2. The summed E-state index contributed by atoms with van der Waals surface area (Å²) in [5.41, 5.74) is 3.62. The van der Waals surface area contributed by atoms with Gasteiger partial charge in [0.2, 0.25) is 0 Å². The molecule has 2 spiro atoms. The number of piperidine rings is 3. The Morgan fingerprint density at radius 2 is 0.810 bits per heavy atom. The molecule has 6 heterocycles. The van der Waals surface area contributed by atoms with Gasteiger partial charge in [-0.25, -0.2) is 0 Å². The maximum Gasteiger partial charge on any atom is 0.0130 e. The first-order valence-corrected chi connectivity index (χ1v) is 25.6. The van der Waals surface area contributed by atoms with Gasteiger partial charge in [0.15, 0.2) is 0 Å². The topological polar surface area (TPSA) is 16.2 Å². The Balaban J connectivity index is 0.000000122. The molecule has 6 saturated heterocycles. The fourth-order valence-electron chi connectivity index (χ4n) is 13.5. The van der Waals surface area contributed by atoms with E-state index >= 15 is 0 Å². The van der Waals surface area contributed by atoms with Gasteiger partial charge < -0.3 is 0 Å². The number of fused-ring (bicyclic) bond motifs is 6. The molecule has 0 N–H and O–H groups in total. The van der Waals surface area contributed by atoms with Gasteiger partial charge in [0.1, 0.15) is 0 Å². The standard InChI is InChI=1S/3C11H21N.2C10H19N/c1-11(2,3)12-7-9-4-5-10(6-9)8-12;1-10(2,3)12-8-7-11(9-12)5-4-6-11;1-11(2,3)12-9-5-4-6-10(12)8-7-9;1-10(2,3)11-7-8-4-5-9(11)6-8;1-9(2,3)11-7-10(8-11)5-4-6-10/h9-10H,4-8H2,1-3H3;4-9H2,1-3H3;9-10H,4-8H2,1-3H3;8-9H,4-7H2,1-3H3;4-8H2,1-3H3. The number of nitrogens with zero attached hydrogens (tertiary/aromatic N) is 5. The summed E-state index contributed by atoms with van der Waals surface area (Å²) in [5, 5.41) is 0. The van der Waals surface area contributed by atoms with Crippen LogP contribution in [0.15, 0.2) is 0 Å². The van der Waals surface area contributed by atoms with E-state index in [2.05, 4.69) is 128 Å². The highest BCUT2D eigenvalue weighted by atomic mass is 15.3. The van der Waals surface area contributed by atoms with E-state index in [9.17, 15) is 0 Å². The number of likely N-dealkylation sites (tertiary alicyclic amines) is 4. The Kier molecular flexibility index (Phi) is 14.5. The Hall–Kier alpha value is -0.200. The monoisotopic (exact) mass is 808 g/mol. The third-order valence-corrected chi connectivity index (χ3v) is 17.5. The SMILES string of the molecule is CC(C)(C)N1C2CCCC1CC2.CC(C)(C)N1CC2(CCC2)C1.CC(C)(C)N1CC2CCC(C2)C1.CC(C)(C)N1CC2CCC1C2.CC(C)(C)N1CCC2(CCC2)C1. The molecular formula is C53H101N5. The molecule has 10 aliphatic rings. The summed E-state index contributed by atoms with van der Waals surface area (Å²) >= 11 is 0. The zero-order chi connectivity index (χ0) is 42.5. The molecule has 338 valence electrons. The van der Waals surface area contributed by atoms with E-state index in [0.29, 0.717) is 27.7 Å². The van der Waals surface area contributed by atoms with Gasteiger partial charge in [-0.15, -0.1) is 0 Å². The van der Waals surface area contributed by atoms with Crippen LogP contribution >= 0.6 is 0 Å². The van der Waals surface area contributed by atoms with Crippen LogP contribution in [0.3, 0.4) is 0 Å². The lowest BCUT2D eigenvalue weighted by molar-refractivity contribution is -0.104. The maximum absolute atomic E-state index is 2.77. The van der Waals surface area contributed by atoms with Gasteiger partial charge in [-0.05, 0) is 235 Å². The van der Waals surface area contributed by atoms with Crippen LogP contribution in [0, 0.1) is 28.6 Å². The van der Waals surface area contributed by atoms with E-state index in [1.54, 1.807) is 0 Å². The van der Waals surface area contributed by atoms with E-state index in [0.717, 1.165) is 46.7 Å². The molecule has 4 aliphatic carbocycles. The number of hydrogen-bond donors (Lipinski definition) is 0. The zero-order valence-electron chi connectivity index (χ0n) is 41.9. The molecule has 0 radical (unpaired) electrons. The first kappa shape index (κ1) is 47.3. The Morgan fingerprint density at radius 1 is 0.362 bits per heavy atom. The van der Waals surface area contributed by atoms with Crippen molar-refractivity contribution < 1.29 is 0 Å². The first-order chi connectivity index (χ1) is 26.8. The highest BCUT2D eigenvalue weighted by Gasteiger charge is 2.50. The van der Waals surface area contributed by atoms with Crippen molar-refractivity contribution in [1.82, 2.24) is 24.5 Å². The van der Waals surface area contributed by atoms with E-state index < -0.39 is 0 Å². The van der Waals surface area contributed by atoms with Crippen molar-refractivity contribution in [2.24, 2.45) is 28.6 Å². The summed E-state index contributed by atoms with van der Waals surface area (Å²) in [6, 6.07) is 2.77. The van der Waals surface area contributed by atoms with Gasteiger partial charge >= 0.3 is 0 Å². The molecule has 4 saturated carbocycles. The van der Waals surface area contributed by atoms with Gasteiger partial charge in [0, 0.05) is 85.1 Å². The van der Waals surface area contributed by atoms with Crippen LogP contribution in [0.1, 0.15) is 219 Å². The van der Waals surface area contributed by atoms with Gasteiger partial charge in [0.05, 0.1) is 0 Å². The maximum atomic E-state index is 2.77. The molecule has 0 aromatic carbocycles. The molecule has 5 heteroatoms. The summed E-state index contributed by atoms with van der Waals surface area (Å²) in [6.45, 7) is 44.7. The molecule has 5 nitrogen and oxygen atoms in total.